The molecule has 0 fully saturated rings. The third-order valence-corrected chi connectivity index (χ3v) is 3.90. The molecule has 1 aromatic rings. The van der Waals surface area contributed by atoms with E-state index in [1.807, 2.05) is 17.8 Å². The molecule has 0 saturated heterocycles. The van der Waals surface area contributed by atoms with E-state index in [4.69, 9.17) is 21.0 Å². The van der Waals surface area contributed by atoms with Gasteiger partial charge in [0.15, 0.2) is 0 Å². The van der Waals surface area contributed by atoms with Crippen LogP contribution in [-0.2, 0) is 13.6 Å². The van der Waals surface area contributed by atoms with Crippen LogP contribution >= 0.6 is 6.57 Å². The Labute approximate surface area is 108 Å². The van der Waals surface area contributed by atoms with Gasteiger partial charge in [-0.25, -0.2) is 9.13 Å². The van der Waals surface area contributed by atoms with Gasteiger partial charge >= 0.3 is 59.2 Å². The first-order chi connectivity index (χ1) is 8.63. The number of hydrogen-bond acceptors (Lipinski definition) is 4. The van der Waals surface area contributed by atoms with Crippen molar-refractivity contribution in [1.82, 2.24) is 4.57 Å². The van der Waals surface area contributed by atoms with Crippen molar-refractivity contribution in [2.24, 2.45) is 7.05 Å². The molecule has 1 aromatic heterocycles. The molecule has 0 amide bonds. The van der Waals surface area contributed by atoms with Gasteiger partial charge in [0, 0.05) is 0 Å². The van der Waals surface area contributed by atoms with Gasteiger partial charge in [-0.3, -0.25) is 0 Å². The summed E-state index contributed by atoms with van der Waals surface area (Å²) >= 11 is 0. The molecule has 0 aliphatic heterocycles. The molecule has 0 aliphatic carbocycles. The summed E-state index contributed by atoms with van der Waals surface area (Å²) in [6, 6.07) is 0. The van der Waals surface area contributed by atoms with Crippen molar-refractivity contribution in [2.75, 3.05) is 0 Å². The number of halogens is 2. The van der Waals surface area contributed by atoms with E-state index in [1.165, 1.54) is 0 Å². The van der Waals surface area contributed by atoms with Crippen LogP contribution in [0.25, 0.3) is 0 Å². The molecule has 0 atom stereocenters. The molecule has 0 aliphatic rings. The molecule has 0 radical (unpaired) electrons. The Morgan fingerprint density at radius 3 is 1.63 bits per heavy atom. The van der Waals surface area contributed by atoms with E-state index in [2.05, 4.69) is 24.0 Å². The van der Waals surface area contributed by atoms with E-state index in [0.717, 1.165) is 6.54 Å². The van der Waals surface area contributed by atoms with Gasteiger partial charge in [-0.05, 0) is 6.92 Å². The van der Waals surface area contributed by atoms with Gasteiger partial charge in [0.2, 0.25) is 6.33 Å². The van der Waals surface area contributed by atoms with E-state index in [1.54, 1.807) is 0 Å². The van der Waals surface area contributed by atoms with Crippen LogP contribution in [-0.4, -0.2) is 4.57 Å². The minimum absolute atomic E-state index is 0.237. The van der Waals surface area contributed by atoms with Crippen molar-refractivity contribution in [3.63, 3.8) is 0 Å². The molecule has 0 N–H and O–H groups in total. The number of aryl methyl sites for hydroxylation is 2. The second kappa shape index (κ2) is 4.62. The number of rotatable bonds is 1. The van der Waals surface area contributed by atoms with E-state index < -0.39 is 6.57 Å². The van der Waals surface area contributed by atoms with Crippen LogP contribution < -0.4 is 4.57 Å². The average Bonchev–Trinajstić information content (AvgIpc) is 2.87. The Bertz CT molecular complexity index is 586. The fraction of sp³-hybridized carbons (Fsp3) is 0.300. The molecule has 100 valence electrons. The van der Waals surface area contributed by atoms with Gasteiger partial charge in [-0.1, -0.05) is 0 Å². The Kier molecular flexibility index (Phi) is 4.00. The molecule has 6 nitrogen and oxygen atoms in total. The van der Waals surface area contributed by atoms with Crippen LogP contribution in [0.1, 0.15) is 6.92 Å². The zero-order valence-corrected chi connectivity index (χ0v) is 11.2. The third-order valence-electron chi connectivity index (χ3n) is 2.09. The van der Waals surface area contributed by atoms with Crippen molar-refractivity contribution in [1.29, 1.82) is 21.0 Å². The zero-order valence-electron chi connectivity index (χ0n) is 10.3. The summed E-state index contributed by atoms with van der Waals surface area (Å²) in [6.07, 6.45) is 6.14. The van der Waals surface area contributed by atoms with Gasteiger partial charge in [0.25, 0.3) is 0 Å². The monoisotopic (exact) mass is 284 g/mol. The van der Waals surface area contributed by atoms with Gasteiger partial charge in [-0.15, -0.1) is 0 Å². The Morgan fingerprint density at radius 1 is 1.11 bits per heavy atom. The summed E-state index contributed by atoms with van der Waals surface area (Å²) in [5.74, 6) is 0.949. The van der Waals surface area contributed by atoms with Crippen LogP contribution in [0.3, 0.4) is 0 Å². The zero-order chi connectivity index (χ0) is 15.2. The number of hydrogen-bond donors (Lipinski definition) is 0. The summed E-state index contributed by atoms with van der Waals surface area (Å²) in [6.45, 7) is -4.40. The Balaban J connectivity index is 0.000000356. The van der Waals surface area contributed by atoms with Crippen molar-refractivity contribution in [3.05, 3.63) is 18.7 Å². The second-order valence-electron chi connectivity index (χ2n) is 3.72. The first-order valence-corrected chi connectivity index (χ1v) is 7.43. The maximum atomic E-state index is 12.8. The molecule has 1 rings (SSSR count). The van der Waals surface area contributed by atoms with Gasteiger partial charge in [-0.2, -0.15) is 0 Å². The van der Waals surface area contributed by atoms with Gasteiger partial charge in [0.1, 0.15) is 12.4 Å². The molecule has 1 heterocycles. The SMILES string of the molecule is CCn1cc[n+](C)c1.N#C[P-](F)(F)(C#N)(C#N)C#N. The summed E-state index contributed by atoms with van der Waals surface area (Å²) in [7, 11) is 2.02. The number of nitriles is 4. The Morgan fingerprint density at radius 2 is 1.53 bits per heavy atom. The summed E-state index contributed by atoms with van der Waals surface area (Å²) in [5, 5.41) is 31.6. The summed E-state index contributed by atoms with van der Waals surface area (Å²) in [4.78, 5) is 0. The van der Waals surface area contributed by atoms with Crippen molar-refractivity contribution < 1.29 is 13.0 Å². The quantitative estimate of drug-likeness (QED) is 0.581. The maximum absolute atomic E-state index is 12.8. The molecule has 0 bridgehead atoms. The van der Waals surface area contributed by atoms with Gasteiger partial charge < -0.3 is 0 Å². The molecular weight excluding hydrogens is 273 g/mol. The predicted molar refractivity (Wildman–Crippen MR) is 62.9 cm³/mol. The standard InChI is InChI=1S/C6H11N2.C4F2N4P/c1-3-8-5-4-7(2)6-8;5-11(6,1-7,2-8,3-9)4-10/h4-6H,3H2,1-2H3;/q+1;-1. The van der Waals surface area contributed by atoms with E-state index in [9.17, 15) is 8.39 Å². The van der Waals surface area contributed by atoms with Crippen molar-refractivity contribution >= 4 is 6.57 Å². The van der Waals surface area contributed by atoms with E-state index in [-0.39, 0.29) is 23.2 Å². The van der Waals surface area contributed by atoms with Gasteiger partial charge in [0.05, 0.1) is 13.6 Å². The van der Waals surface area contributed by atoms with Crippen LogP contribution in [0.15, 0.2) is 18.7 Å². The van der Waals surface area contributed by atoms with Crippen LogP contribution in [0.4, 0.5) is 8.39 Å². The second-order valence-corrected chi connectivity index (χ2v) is 7.34. The van der Waals surface area contributed by atoms with Crippen LogP contribution in [0.5, 0.6) is 0 Å². The molecule has 0 spiro atoms. The molecule has 0 saturated carbocycles. The molecular formula is C10H11F2N6P. The van der Waals surface area contributed by atoms with Crippen LogP contribution in [0.2, 0.25) is 0 Å². The minimum atomic E-state index is -7.59. The molecule has 0 aromatic carbocycles. The average molecular weight is 284 g/mol. The van der Waals surface area contributed by atoms with Crippen molar-refractivity contribution in [3.8, 4) is 23.2 Å². The Hall–Kier alpha value is -2.54. The van der Waals surface area contributed by atoms with Crippen molar-refractivity contribution in [2.45, 2.75) is 13.5 Å². The first kappa shape index (κ1) is 16.5. The normalized spacial score (nSPS) is 13.1. The first-order valence-electron chi connectivity index (χ1n) is 4.96. The van der Waals surface area contributed by atoms with E-state index in [0.29, 0.717) is 0 Å². The van der Waals surface area contributed by atoms with Crippen LogP contribution in [0, 0.1) is 44.3 Å². The number of aromatic nitrogens is 2. The summed E-state index contributed by atoms with van der Waals surface area (Å²) in [5.41, 5.74) is 0. The number of nitrogens with zero attached hydrogens (tertiary/aromatic N) is 6. The fourth-order valence-electron chi connectivity index (χ4n) is 0.823. The predicted octanol–water partition coefficient (Wildman–Crippen LogP) is 2.10. The molecule has 0 unspecified atom stereocenters. The fourth-order valence-corrected chi connectivity index (χ4v) is 1.09. The third kappa shape index (κ3) is 3.46. The topological polar surface area (TPSA) is 104 Å². The number of imidazole rings is 1. The molecule has 9 heteroatoms. The summed E-state index contributed by atoms with van der Waals surface area (Å²) < 4.78 is 29.8. The molecule has 19 heavy (non-hydrogen) atoms. The van der Waals surface area contributed by atoms with E-state index >= 15 is 0 Å².